The Hall–Kier alpha value is 0.0400. The number of hydrogen-bond donors (Lipinski definition) is 0. The molecule has 2 aromatic rings. The first-order valence-corrected chi connectivity index (χ1v) is 17.5. The molecule has 0 radical (unpaired) electrons. The molecule has 0 amide bonds. The summed E-state index contributed by atoms with van der Waals surface area (Å²) in [4.78, 5) is 2.73. The zero-order valence-corrected chi connectivity index (χ0v) is 24.9. The van der Waals surface area contributed by atoms with E-state index >= 15 is 0 Å². The Bertz CT molecular complexity index is 833. The van der Waals surface area contributed by atoms with Crippen LogP contribution < -0.4 is 24.8 Å². The van der Waals surface area contributed by atoms with Crippen LogP contribution >= 0.6 is 22.7 Å². The Morgan fingerprint density at radius 2 is 1.13 bits per heavy atom. The van der Waals surface area contributed by atoms with Gasteiger partial charge >= 0.3 is 41.9 Å². The molecule has 2 atom stereocenters. The molecule has 2 heterocycles. The molecule has 0 N–H and O–H groups in total. The summed E-state index contributed by atoms with van der Waals surface area (Å²) < 4.78 is 0. The van der Waals surface area contributed by atoms with Gasteiger partial charge in [0, 0.05) is 0 Å². The van der Waals surface area contributed by atoms with E-state index < -0.39 is 0 Å². The van der Waals surface area contributed by atoms with Gasteiger partial charge in [-0.05, 0) is 20.5 Å². The summed E-state index contributed by atoms with van der Waals surface area (Å²) in [5.74, 6) is 0.976. The average molecular weight is 571 g/mol. The van der Waals surface area contributed by atoms with Crippen molar-refractivity contribution in [3.05, 3.63) is 80.2 Å². The summed E-state index contributed by atoms with van der Waals surface area (Å²) >= 11 is 5.33. The number of hydrogen-bond acceptors (Lipinski definition) is 2. The maximum Gasteiger partial charge on any atom is -1.00 e. The summed E-state index contributed by atoms with van der Waals surface area (Å²) in [5, 5.41) is 4.24. The quantitative estimate of drug-likeness (QED) is 0.382. The minimum Gasteiger partial charge on any atom is -1.00 e. The van der Waals surface area contributed by atoms with Crippen molar-refractivity contribution in [2.24, 2.45) is 11.8 Å². The Morgan fingerprint density at radius 3 is 1.33 bits per heavy atom. The largest absolute Gasteiger partial charge is 1.00 e. The Morgan fingerprint density at radius 1 is 0.800 bits per heavy atom. The van der Waals surface area contributed by atoms with Crippen LogP contribution in [0.25, 0.3) is 11.1 Å². The van der Waals surface area contributed by atoms with E-state index in [1.807, 2.05) is 0 Å². The van der Waals surface area contributed by atoms with E-state index in [1.54, 1.807) is 46.0 Å². The predicted molar refractivity (Wildman–Crippen MR) is 125 cm³/mol. The Labute approximate surface area is 218 Å². The van der Waals surface area contributed by atoms with E-state index in [0.717, 1.165) is 0 Å². The molecular formula is C24H28Cl2S2SiZr-2. The molecule has 30 heavy (non-hydrogen) atoms. The molecule has 160 valence electrons. The second-order valence-electron chi connectivity index (χ2n) is 7.23. The molecular weight excluding hydrogens is 543 g/mol. The monoisotopic (exact) mass is 568 g/mol. The van der Waals surface area contributed by atoms with Crippen molar-refractivity contribution in [3.8, 4) is 0 Å². The fraction of sp³-hybridized carbons (Fsp3) is 0.333. The van der Waals surface area contributed by atoms with Crippen molar-refractivity contribution >= 4 is 39.3 Å². The van der Waals surface area contributed by atoms with Crippen LogP contribution in [0.5, 0.6) is 0 Å². The van der Waals surface area contributed by atoms with E-state index in [1.165, 1.54) is 32.0 Å². The maximum absolute atomic E-state index is 3.39. The number of rotatable bonds is 2. The molecule has 2 aromatic heterocycles. The summed E-state index contributed by atoms with van der Waals surface area (Å²) in [6.07, 6.45) is 11.3. The minimum absolute atomic E-state index is 0. The molecule has 0 aromatic carbocycles. The average Bonchev–Trinajstić information content (AvgIpc) is 3.36. The summed E-state index contributed by atoms with van der Waals surface area (Å²) in [6.45, 7) is 13.2. The van der Waals surface area contributed by atoms with Crippen molar-refractivity contribution in [1.29, 1.82) is 0 Å². The maximum atomic E-state index is 3.39. The zero-order chi connectivity index (χ0) is 20.7. The van der Waals surface area contributed by atoms with Gasteiger partial charge in [0.2, 0.25) is 0 Å². The first-order chi connectivity index (χ1) is 13.3. The molecule has 0 nitrogen and oxygen atoms in total. The van der Waals surface area contributed by atoms with Gasteiger partial charge in [-0.25, -0.2) is 11.1 Å². The Kier molecular flexibility index (Phi) is 15.0. The van der Waals surface area contributed by atoms with Gasteiger partial charge in [0.25, 0.3) is 0 Å². The second-order valence-corrected chi connectivity index (χ2v) is 18.5. The van der Waals surface area contributed by atoms with Crippen molar-refractivity contribution in [3.63, 3.8) is 0 Å². The van der Waals surface area contributed by atoms with Gasteiger partial charge in [-0.3, -0.25) is 12.2 Å². The smallest absolute Gasteiger partial charge is 1.00 e. The van der Waals surface area contributed by atoms with Crippen molar-refractivity contribution in [2.75, 3.05) is 0 Å². The SMILES string of the molecule is CC1=[C-]C(C)C=C1c1cccs1.CC1=[C-]C(C)C=C1c1cccs1.C[Si](C)=[Zr+2].[Cl-].[Cl-]. The van der Waals surface area contributed by atoms with Crippen LogP contribution in [0.2, 0.25) is 13.1 Å². The molecule has 0 saturated carbocycles. The van der Waals surface area contributed by atoms with Crippen LogP contribution in [0.4, 0.5) is 0 Å². The Balaban J connectivity index is 0.000000452. The number of allylic oxidation sites excluding steroid dienone is 8. The predicted octanol–water partition coefficient (Wildman–Crippen LogP) is 1.85. The first kappa shape index (κ1) is 30.0. The van der Waals surface area contributed by atoms with Crippen LogP contribution in [0.15, 0.2) is 58.3 Å². The van der Waals surface area contributed by atoms with E-state index in [0.29, 0.717) is 11.8 Å². The fourth-order valence-electron chi connectivity index (χ4n) is 3.07. The molecule has 0 bridgehead atoms. The molecule has 4 rings (SSSR count). The molecule has 6 heteroatoms. The zero-order valence-electron chi connectivity index (χ0n) is 18.3. The topological polar surface area (TPSA) is 0 Å². The number of thiophene rings is 2. The molecule has 2 unspecified atom stereocenters. The van der Waals surface area contributed by atoms with Crippen LogP contribution in [-0.4, -0.2) is 5.43 Å². The van der Waals surface area contributed by atoms with Crippen molar-refractivity contribution in [2.45, 2.75) is 40.8 Å². The van der Waals surface area contributed by atoms with E-state index in [4.69, 9.17) is 0 Å². The van der Waals surface area contributed by atoms with E-state index in [-0.39, 0.29) is 30.2 Å². The normalized spacial score (nSPS) is 18.8. The van der Waals surface area contributed by atoms with Gasteiger partial charge in [-0.15, -0.1) is 0 Å². The molecule has 0 saturated heterocycles. The third-order valence-electron chi connectivity index (χ3n) is 4.10. The third kappa shape index (κ3) is 9.67. The fourth-order valence-corrected chi connectivity index (χ4v) is 4.69. The van der Waals surface area contributed by atoms with Crippen LogP contribution in [0.3, 0.4) is 0 Å². The summed E-state index contributed by atoms with van der Waals surface area (Å²) in [5.41, 5.74) is 5.55. The molecule has 0 aliphatic heterocycles. The van der Waals surface area contributed by atoms with Crippen LogP contribution in [-0.2, 0) is 23.3 Å². The van der Waals surface area contributed by atoms with Crippen LogP contribution in [0.1, 0.15) is 37.4 Å². The van der Waals surface area contributed by atoms with Gasteiger partial charge in [0.1, 0.15) is 0 Å². The van der Waals surface area contributed by atoms with Gasteiger partial charge in [0.15, 0.2) is 0 Å². The van der Waals surface area contributed by atoms with Gasteiger partial charge in [0.05, 0.1) is 0 Å². The van der Waals surface area contributed by atoms with Gasteiger partial charge in [-0.2, -0.15) is 46.0 Å². The van der Waals surface area contributed by atoms with E-state index in [2.05, 4.69) is 100 Å². The molecule has 2 aliphatic carbocycles. The minimum atomic E-state index is 0. The van der Waals surface area contributed by atoms with Crippen LogP contribution in [0, 0.1) is 24.0 Å². The second kappa shape index (κ2) is 15.0. The molecule has 0 fully saturated rings. The van der Waals surface area contributed by atoms with Gasteiger partial charge in [-0.1, -0.05) is 63.8 Å². The third-order valence-corrected chi connectivity index (χ3v) is 5.91. The summed E-state index contributed by atoms with van der Waals surface area (Å²) in [7, 11) is 0. The van der Waals surface area contributed by atoms with Gasteiger partial charge < -0.3 is 24.8 Å². The standard InChI is InChI=1S/2C11H11S.C2H6Si.2ClH.Zr/c2*1-8-6-9(2)10(7-8)11-4-3-5-12-11;1-3-2;;;/h2*3-5,7-8H,1-2H3;1-2H3;2*1H;/q2*-1;;;;+2/p-2. The molecule has 2 aliphatic rings. The first-order valence-electron chi connectivity index (χ1n) is 9.52. The number of halogens is 2. The summed E-state index contributed by atoms with van der Waals surface area (Å²) in [6, 6.07) is 8.52. The van der Waals surface area contributed by atoms with Crippen molar-refractivity contribution < 1.29 is 48.1 Å². The van der Waals surface area contributed by atoms with E-state index in [9.17, 15) is 0 Å². The molecule has 0 spiro atoms. The van der Waals surface area contributed by atoms with Crippen molar-refractivity contribution in [1.82, 2.24) is 0 Å².